The number of hydrogen-bond acceptors (Lipinski definition) is 3. The summed E-state index contributed by atoms with van der Waals surface area (Å²) in [6.07, 6.45) is 3.60. The molecule has 25 heavy (non-hydrogen) atoms. The third-order valence-electron chi connectivity index (χ3n) is 4.04. The van der Waals surface area contributed by atoms with Gasteiger partial charge in [0.25, 0.3) is 0 Å². The molecule has 0 N–H and O–H groups in total. The van der Waals surface area contributed by atoms with Crippen LogP contribution >= 0.6 is 11.6 Å². The zero-order valence-electron chi connectivity index (χ0n) is 13.7. The summed E-state index contributed by atoms with van der Waals surface area (Å²) in [5, 5.41) is 0.632. The van der Waals surface area contributed by atoms with Gasteiger partial charge < -0.3 is 4.74 Å². The number of rotatable bonds is 6. The van der Waals surface area contributed by atoms with Crippen molar-refractivity contribution in [3.05, 3.63) is 82.9 Å². The maximum Gasteiger partial charge on any atom is 0.218 e. The van der Waals surface area contributed by atoms with Gasteiger partial charge in [-0.1, -0.05) is 66.2 Å². The van der Waals surface area contributed by atoms with Gasteiger partial charge in [0.05, 0.1) is 25.0 Å². The van der Waals surface area contributed by atoms with Crippen LogP contribution in [0.2, 0.25) is 5.02 Å². The van der Waals surface area contributed by atoms with Crippen molar-refractivity contribution >= 4 is 21.6 Å². The Labute approximate surface area is 153 Å². The van der Waals surface area contributed by atoms with Crippen molar-refractivity contribution in [3.63, 3.8) is 0 Å². The fourth-order valence-electron chi connectivity index (χ4n) is 2.73. The number of sulfonamides is 1. The van der Waals surface area contributed by atoms with Gasteiger partial charge in [-0.15, -0.1) is 0 Å². The Balaban J connectivity index is 1.68. The number of ether oxygens (including phenoxy) is 1. The van der Waals surface area contributed by atoms with Crippen molar-refractivity contribution in [2.75, 3.05) is 12.4 Å². The second kappa shape index (κ2) is 8.15. The normalized spacial score (nSPS) is 19.8. The lowest BCUT2D eigenvalue weighted by atomic mass is 10.2. The lowest BCUT2D eigenvalue weighted by Crippen LogP contribution is -2.44. The summed E-state index contributed by atoms with van der Waals surface area (Å²) in [7, 11) is -3.34. The Bertz CT molecular complexity index is 820. The Morgan fingerprint density at radius 3 is 2.48 bits per heavy atom. The average molecular weight is 378 g/mol. The molecular formula is C19H20ClNO3S. The standard InChI is InChI=1S/C19H20ClNO3S/c20-18-10-8-16(9-11-18)13-21-19(7-4-12-25(21,22)23)15-24-14-17-5-2-1-3-6-17/h1-11,19H,12-15H2/t19-/m0/s1. The smallest absolute Gasteiger partial charge is 0.218 e. The Hall–Kier alpha value is -1.66. The maximum atomic E-state index is 12.5. The summed E-state index contributed by atoms with van der Waals surface area (Å²) in [6, 6.07) is 16.8. The molecule has 6 heteroatoms. The second-order valence-electron chi connectivity index (χ2n) is 5.95. The van der Waals surface area contributed by atoms with Gasteiger partial charge >= 0.3 is 0 Å². The third-order valence-corrected chi connectivity index (χ3v) is 6.02. The summed E-state index contributed by atoms with van der Waals surface area (Å²) < 4.78 is 32.2. The fourth-order valence-corrected chi connectivity index (χ4v) is 4.29. The van der Waals surface area contributed by atoms with E-state index < -0.39 is 10.0 Å². The van der Waals surface area contributed by atoms with E-state index in [1.54, 1.807) is 18.2 Å². The van der Waals surface area contributed by atoms with Crippen molar-refractivity contribution < 1.29 is 13.2 Å². The second-order valence-corrected chi connectivity index (χ2v) is 8.35. The highest BCUT2D eigenvalue weighted by Gasteiger charge is 2.31. The van der Waals surface area contributed by atoms with Crippen molar-refractivity contribution in [1.82, 2.24) is 4.31 Å². The summed E-state index contributed by atoms with van der Waals surface area (Å²) in [5.41, 5.74) is 1.96. The van der Waals surface area contributed by atoms with Crippen LogP contribution in [-0.4, -0.2) is 31.1 Å². The minimum Gasteiger partial charge on any atom is -0.375 e. The molecule has 0 aliphatic carbocycles. The van der Waals surface area contributed by atoms with E-state index in [1.807, 2.05) is 48.5 Å². The van der Waals surface area contributed by atoms with Crippen LogP contribution in [0.25, 0.3) is 0 Å². The van der Waals surface area contributed by atoms with Gasteiger partial charge in [0.15, 0.2) is 0 Å². The van der Waals surface area contributed by atoms with E-state index >= 15 is 0 Å². The molecule has 0 unspecified atom stereocenters. The zero-order valence-corrected chi connectivity index (χ0v) is 15.3. The van der Waals surface area contributed by atoms with E-state index in [1.165, 1.54) is 4.31 Å². The first-order valence-electron chi connectivity index (χ1n) is 8.07. The van der Waals surface area contributed by atoms with Gasteiger partial charge in [0.1, 0.15) is 0 Å². The molecule has 0 saturated carbocycles. The Morgan fingerprint density at radius 1 is 1.04 bits per heavy atom. The molecule has 0 bridgehead atoms. The SMILES string of the molecule is O=S1(=O)CC=C[C@@H](COCc2ccccc2)N1Cc1ccc(Cl)cc1. The minimum absolute atomic E-state index is 0.0236. The molecule has 0 aromatic heterocycles. The van der Waals surface area contributed by atoms with E-state index in [2.05, 4.69) is 0 Å². The number of benzene rings is 2. The van der Waals surface area contributed by atoms with Gasteiger partial charge in [0.2, 0.25) is 10.0 Å². The quantitative estimate of drug-likeness (QED) is 0.722. The third kappa shape index (κ3) is 4.92. The largest absolute Gasteiger partial charge is 0.375 e. The van der Waals surface area contributed by atoms with Crippen molar-refractivity contribution in [2.24, 2.45) is 0 Å². The van der Waals surface area contributed by atoms with E-state index in [-0.39, 0.29) is 11.8 Å². The Morgan fingerprint density at radius 2 is 1.76 bits per heavy atom. The van der Waals surface area contributed by atoms with Crippen molar-refractivity contribution in [1.29, 1.82) is 0 Å². The highest BCUT2D eigenvalue weighted by molar-refractivity contribution is 7.89. The van der Waals surface area contributed by atoms with Crippen LogP contribution in [0.5, 0.6) is 0 Å². The summed E-state index contributed by atoms with van der Waals surface area (Å²) >= 11 is 5.90. The number of hydrogen-bond donors (Lipinski definition) is 0. The molecule has 0 spiro atoms. The first-order chi connectivity index (χ1) is 12.0. The number of halogens is 1. The van der Waals surface area contributed by atoms with Crippen molar-refractivity contribution in [3.8, 4) is 0 Å². The van der Waals surface area contributed by atoms with Crippen LogP contribution in [0.4, 0.5) is 0 Å². The molecule has 2 aromatic rings. The molecule has 1 heterocycles. The molecule has 0 fully saturated rings. The van der Waals surface area contributed by atoms with Crippen molar-refractivity contribution in [2.45, 2.75) is 19.2 Å². The molecule has 0 radical (unpaired) electrons. The average Bonchev–Trinajstić information content (AvgIpc) is 2.60. The molecule has 1 atom stereocenters. The lowest BCUT2D eigenvalue weighted by molar-refractivity contribution is 0.0889. The number of nitrogens with zero attached hydrogens (tertiary/aromatic N) is 1. The van der Waals surface area contributed by atoms with Gasteiger partial charge in [0, 0.05) is 11.6 Å². The maximum absolute atomic E-state index is 12.5. The summed E-state index contributed by atoms with van der Waals surface area (Å²) in [6.45, 7) is 1.08. The van der Waals surface area contributed by atoms with E-state index in [0.29, 0.717) is 24.8 Å². The van der Waals surface area contributed by atoms with Gasteiger partial charge in [-0.3, -0.25) is 0 Å². The Kier molecular flexibility index (Phi) is 5.91. The molecule has 3 rings (SSSR count). The van der Waals surface area contributed by atoms with E-state index in [4.69, 9.17) is 16.3 Å². The first kappa shape index (κ1) is 18.1. The van der Waals surface area contributed by atoms with Crippen LogP contribution in [-0.2, 0) is 27.9 Å². The molecule has 1 aliphatic rings. The van der Waals surface area contributed by atoms with E-state index in [0.717, 1.165) is 11.1 Å². The topological polar surface area (TPSA) is 46.6 Å². The van der Waals surface area contributed by atoms with Crippen LogP contribution in [0, 0.1) is 0 Å². The zero-order chi connectivity index (χ0) is 17.7. The van der Waals surface area contributed by atoms with Crippen LogP contribution in [0.1, 0.15) is 11.1 Å². The predicted octanol–water partition coefficient (Wildman–Crippen LogP) is 3.63. The van der Waals surface area contributed by atoms with E-state index in [9.17, 15) is 8.42 Å². The minimum atomic E-state index is -3.34. The molecule has 2 aromatic carbocycles. The fraction of sp³-hybridized carbons (Fsp3) is 0.263. The lowest BCUT2D eigenvalue weighted by Gasteiger charge is -2.31. The van der Waals surface area contributed by atoms with Crippen LogP contribution < -0.4 is 0 Å². The van der Waals surface area contributed by atoms with Gasteiger partial charge in [-0.05, 0) is 23.3 Å². The van der Waals surface area contributed by atoms with Gasteiger partial charge in [-0.25, -0.2) is 8.42 Å². The van der Waals surface area contributed by atoms with Crippen LogP contribution in [0.3, 0.4) is 0 Å². The molecule has 4 nitrogen and oxygen atoms in total. The monoisotopic (exact) mass is 377 g/mol. The first-order valence-corrected chi connectivity index (χ1v) is 10.1. The highest BCUT2D eigenvalue weighted by atomic mass is 35.5. The summed E-state index contributed by atoms with van der Waals surface area (Å²) in [5.74, 6) is 0.0236. The summed E-state index contributed by atoms with van der Waals surface area (Å²) in [4.78, 5) is 0. The molecule has 1 aliphatic heterocycles. The molecular weight excluding hydrogens is 358 g/mol. The van der Waals surface area contributed by atoms with Gasteiger partial charge in [-0.2, -0.15) is 4.31 Å². The molecule has 0 saturated heterocycles. The predicted molar refractivity (Wildman–Crippen MR) is 99.8 cm³/mol. The molecule has 132 valence electrons. The van der Waals surface area contributed by atoms with Crippen LogP contribution in [0.15, 0.2) is 66.7 Å². The molecule has 0 amide bonds. The highest BCUT2D eigenvalue weighted by Crippen LogP contribution is 2.21.